The fourth-order valence-electron chi connectivity index (χ4n) is 1.74. The van der Waals surface area contributed by atoms with Gasteiger partial charge in [0.2, 0.25) is 0 Å². The van der Waals surface area contributed by atoms with Crippen LogP contribution in [0.1, 0.15) is 23.7 Å². The zero-order valence-electron chi connectivity index (χ0n) is 11.9. The molecule has 0 spiro atoms. The second-order valence-electron chi connectivity index (χ2n) is 4.56. The summed E-state index contributed by atoms with van der Waals surface area (Å²) in [4.78, 5) is 8.48. The molecule has 106 valence electrons. The number of ether oxygens (including phenoxy) is 1. The highest BCUT2D eigenvalue weighted by Gasteiger charge is 2.06. The number of hydrogen-bond acceptors (Lipinski definition) is 4. The van der Waals surface area contributed by atoms with Crippen LogP contribution in [-0.4, -0.2) is 16.5 Å². The Balaban J connectivity index is 2.13. The van der Waals surface area contributed by atoms with Crippen LogP contribution >= 0.6 is 0 Å². The van der Waals surface area contributed by atoms with Gasteiger partial charge in [0.1, 0.15) is 11.6 Å². The first-order valence-electron chi connectivity index (χ1n) is 6.57. The van der Waals surface area contributed by atoms with Gasteiger partial charge in [-0.25, -0.2) is 9.37 Å². The molecule has 1 aromatic heterocycles. The van der Waals surface area contributed by atoms with E-state index in [1.807, 2.05) is 13.8 Å². The molecule has 0 bridgehead atoms. The minimum Gasteiger partial charge on any atom is -0.424 e. The lowest BCUT2D eigenvalue weighted by molar-refractivity contribution is 0.437. The number of nitrogens with one attached hydrogen (secondary N) is 1. The van der Waals surface area contributed by atoms with E-state index in [1.54, 1.807) is 25.3 Å². The van der Waals surface area contributed by atoms with Gasteiger partial charge >= 0.3 is 6.01 Å². The number of halogens is 1. The summed E-state index contributed by atoms with van der Waals surface area (Å²) >= 11 is 0. The molecule has 0 aliphatic heterocycles. The third-order valence-corrected chi connectivity index (χ3v) is 2.96. The van der Waals surface area contributed by atoms with E-state index in [2.05, 4.69) is 15.3 Å². The zero-order valence-corrected chi connectivity index (χ0v) is 11.9. The predicted octanol–water partition coefficient (Wildman–Crippen LogP) is 3.13. The van der Waals surface area contributed by atoms with E-state index in [9.17, 15) is 4.39 Å². The minimum atomic E-state index is -0.254. The van der Waals surface area contributed by atoms with E-state index in [0.717, 1.165) is 24.3 Å². The summed E-state index contributed by atoms with van der Waals surface area (Å²) in [6, 6.07) is 4.83. The normalized spacial score (nSPS) is 10.6. The number of nitrogens with zero attached hydrogens (tertiary/aromatic N) is 2. The Kier molecular flexibility index (Phi) is 4.63. The average Bonchev–Trinajstić information content (AvgIpc) is 2.42. The van der Waals surface area contributed by atoms with Crippen LogP contribution < -0.4 is 10.1 Å². The van der Waals surface area contributed by atoms with Gasteiger partial charge in [0.25, 0.3) is 0 Å². The predicted molar refractivity (Wildman–Crippen MR) is 75.4 cm³/mol. The van der Waals surface area contributed by atoms with Gasteiger partial charge < -0.3 is 10.1 Å². The first-order chi connectivity index (χ1) is 9.60. The fourth-order valence-corrected chi connectivity index (χ4v) is 1.74. The Hall–Kier alpha value is -2.01. The molecule has 0 unspecified atom stereocenters. The second kappa shape index (κ2) is 6.43. The highest BCUT2D eigenvalue weighted by Crippen LogP contribution is 2.21. The molecule has 1 heterocycles. The molecule has 0 fully saturated rings. The van der Waals surface area contributed by atoms with Crippen LogP contribution in [0.2, 0.25) is 0 Å². The van der Waals surface area contributed by atoms with Gasteiger partial charge in [0, 0.05) is 24.0 Å². The van der Waals surface area contributed by atoms with Gasteiger partial charge in [-0.05, 0) is 44.2 Å². The molecular formula is C15H18FN3O. The maximum Gasteiger partial charge on any atom is 0.322 e. The number of rotatable bonds is 5. The van der Waals surface area contributed by atoms with Crippen molar-refractivity contribution in [2.75, 3.05) is 6.54 Å². The lowest BCUT2D eigenvalue weighted by Gasteiger charge is -2.08. The van der Waals surface area contributed by atoms with Crippen LogP contribution in [-0.2, 0) is 6.54 Å². The van der Waals surface area contributed by atoms with Crippen molar-refractivity contribution in [2.45, 2.75) is 27.3 Å². The van der Waals surface area contributed by atoms with Crippen molar-refractivity contribution in [1.29, 1.82) is 0 Å². The summed E-state index contributed by atoms with van der Waals surface area (Å²) in [5.74, 6) is 0.276. The van der Waals surface area contributed by atoms with Gasteiger partial charge in [-0.1, -0.05) is 6.92 Å². The summed E-state index contributed by atoms with van der Waals surface area (Å²) in [5.41, 5.74) is 2.44. The number of aromatic nitrogens is 2. The van der Waals surface area contributed by atoms with E-state index < -0.39 is 0 Å². The molecule has 0 saturated carbocycles. The average molecular weight is 275 g/mol. The molecule has 5 heteroatoms. The zero-order chi connectivity index (χ0) is 14.5. The molecule has 0 aliphatic rings. The first kappa shape index (κ1) is 14.4. The summed E-state index contributed by atoms with van der Waals surface area (Å²) in [6.07, 6.45) is 1.75. The Morgan fingerprint density at radius 3 is 2.75 bits per heavy atom. The summed E-state index contributed by atoms with van der Waals surface area (Å²) in [7, 11) is 0. The highest BCUT2D eigenvalue weighted by atomic mass is 19.1. The Bertz CT molecular complexity index is 602. The summed E-state index contributed by atoms with van der Waals surface area (Å²) < 4.78 is 18.7. The molecule has 0 aliphatic carbocycles. The monoisotopic (exact) mass is 275 g/mol. The molecule has 0 atom stereocenters. The van der Waals surface area contributed by atoms with Crippen molar-refractivity contribution >= 4 is 0 Å². The quantitative estimate of drug-likeness (QED) is 0.910. The fraction of sp³-hybridized carbons (Fsp3) is 0.333. The van der Waals surface area contributed by atoms with E-state index in [-0.39, 0.29) is 11.8 Å². The van der Waals surface area contributed by atoms with Crippen LogP contribution in [0.4, 0.5) is 4.39 Å². The molecule has 2 rings (SSSR count). The number of benzene rings is 1. The van der Waals surface area contributed by atoms with Crippen molar-refractivity contribution < 1.29 is 9.13 Å². The SMILES string of the molecule is CCNCc1cnc(Oc2ccc(F)c(C)c2)nc1C. The summed E-state index contributed by atoms with van der Waals surface area (Å²) in [5, 5.41) is 3.23. The van der Waals surface area contributed by atoms with Crippen LogP contribution in [0.5, 0.6) is 11.8 Å². The second-order valence-corrected chi connectivity index (χ2v) is 4.56. The van der Waals surface area contributed by atoms with Crippen LogP contribution in [0.3, 0.4) is 0 Å². The van der Waals surface area contributed by atoms with Gasteiger partial charge in [-0.2, -0.15) is 4.98 Å². The van der Waals surface area contributed by atoms with Crippen molar-refractivity contribution in [1.82, 2.24) is 15.3 Å². The molecule has 0 amide bonds. The number of hydrogen-bond donors (Lipinski definition) is 1. The Morgan fingerprint density at radius 2 is 2.10 bits per heavy atom. The Morgan fingerprint density at radius 1 is 1.30 bits per heavy atom. The van der Waals surface area contributed by atoms with E-state index in [0.29, 0.717) is 11.3 Å². The van der Waals surface area contributed by atoms with Crippen molar-refractivity contribution in [3.05, 3.63) is 47.0 Å². The third kappa shape index (κ3) is 3.51. The third-order valence-electron chi connectivity index (χ3n) is 2.96. The topological polar surface area (TPSA) is 47.0 Å². The molecule has 1 N–H and O–H groups in total. The van der Waals surface area contributed by atoms with Crippen LogP contribution in [0, 0.1) is 19.7 Å². The minimum absolute atomic E-state index is 0.254. The van der Waals surface area contributed by atoms with E-state index in [4.69, 9.17) is 4.74 Å². The molecular weight excluding hydrogens is 257 g/mol. The van der Waals surface area contributed by atoms with Gasteiger partial charge in [0.15, 0.2) is 0 Å². The molecule has 2 aromatic rings. The molecule has 0 saturated heterocycles. The lowest BCUT2D eigenvalue weighted by atomic mass is 10.2. The molecule has 20 heavy (non-hydrogen) atoms. The standard InChI is InChI=1S/C15H18FN3O/c1-4-17-8-12-9-18-15(19-11(12)3)20-13-5-6-14(16)10(2)7-13/h5-7,9,17H,4,8H2,1-3H3. The van der Waals surface area contributed by atoms with Gasteiger partial charge in [-0.3, -0.25) is 0 Å². The van der Waals surface area contributed by atoms with E-state index in [1.165, 1.54) is 6.07 Å². The number of aryl methyl sites for hydroxylation is 2. The maximum absolute atomic E-state index is 13.2. The highest BCUT2D eigenvalue weighted by molar-refractivity contribution is 5.31. The lowest BCUT2D eigenvalue weighted by Crippen LogP contribution is -2.13. The molecule has 1 aromatic carbocycles. The Labute approximate surface area is 118 Å². The molecule has 4 nitrogen and oxygen atoms in total. The molecule has 0 radical (unpaired) electrons. The maximum atomic E-state index is 13.2. The van der Waals surface area contributed by atoms with E-state index >= 15 is 0 Å². The largest absolute Gasteiger partial charge is 0.424 e. The van der Waals surface area contributed by atoms with Crippen LogP contribution in [0.25, 0.3) is 0 Å². The van der Waals surface area contributed by atoms with Gasteiger partial charge in [-0.15, -0.1) is 0 Å². The van der Waals surface area contributed by atoms with Gasteiger partial charge in [0.05, 0.1) is 0 Å². The van der Waals surface area contributed by atoms with Crippen molar-refractivity contribution in [3.8, 4) is 11.8 Å². The van der Waals surface area contributed by atoms with Crippen LogP contribution in [0.15, 0.2) is 24.4 Å². The first-order valence-corrected chi connectivity index (χ1v) is 6.57. The van der Waals surface area contributed by atoms with Crippen molar-refractivity contribution in [3.63, 3.8) is 0 Å². The van der Waals surface area contributed by atoms with Crippen molar-refractivity contribution in [2.24, 2.45) is 0 Å². The summed E-state index contributed by atoms with van der Waals surface area (Å²) in [6.45, 7) is 7.28. The smallest absolute Gasteiger partial charge is 0.322 e.